The molecule has 0 saturated heterocycles. The van der Waals surface area contributed by atoms with Crippen molar-refractivity contribution in [2.24, 2.45) is 11.7 Å². The fourth-order valence-corrected chi connectivity index (χ4v) is 1.87. The Labute approximate surface area is 82.5 Å². The van der Waals surface area contributed by atoms with E-state index in [0.29, 0.717) is 0 Å². The molecule has 0 aliphatic rings. The van der Waals surface area contributed by atoms with Crippen LogP contribution in [-0.4, -0.2) is 16.7 Å². The Balaban J connectivity index is 4.23. The summed E-state index contributed by atoms with van der Waals surface area (Å²) in [5.74, 6) is 0.234. The Morgan fingerprint density at radius 1 is 1.15 bits per heavy atom. The first-order valence-electron chi connectivity index (χ1n) is 5.40. The van der Waals surface area contributed by atoms with Crippen molar-refractivity contribution in [2.75, 3.05) is 0 Å². The lowest BCUT2D eigenvalue weighted by molar-refractivity contribution is 0.0562. The molecule has 3 N–H and O–H groups in total. The zero-order valence-electron chi connectivity index (χ0n) is 9.51. The van der Waals surface area contributed by atoms with Crippen molar-refractivity contribution >= 4 is 0 Å². The fraction of sp³-hybridized carbons (Fsp3) is 1.00. The van der Waals surface area contributed by atoms with Gasteiger partial charge in [0.05, 0.1) is 6.10 Å². The molecular formula is C11H25NO. The Hall–Kier alpha value is -0.0800. The van der Waals surface area contributed by atoms with Gasteiger partial charge < -0.3 is 10.8 Å². The molecule has 0 bridgehead atoms. The van der Waals surface area contributed by atoms with Gasteiger partial charge in [-0.15, -0.1) is 0 Å². The second-order valence-corrected chi connectivity index (χ2v) is 4.57. The number of hydrogen-bond donors (Lipinski definition) is 2. The largest absolute Gasteiger partial charge is 0.393 e. The lowest BCUT2D eigenvalue weighted by Crippen LogP contribution is -2.46. The van der Waals surface area contributed by atoms with Crippen LogP contribution in [0.1, 0.15) is 53.4 Å². The van der Waals surface area contributed by atoms with Crippen LogP contribution in [0.5, 0.6) is 0 Å². The third-order valence-corrected chi connectivity index (χ3v) is 2.60. The molecule has 0 aromatic heterocycles. The van der Waals surface area contributed by atoms with Gasteiger partial charge in [-0.05, 0) is 26.7 Å². The summed E-state index contributed by atoms with van der Waals surface area (Å²) in [6, 6.07) is 0. The van der Waals surface area contributed by atoms with Crippen LogP contribution < -0.4 is 5.73 Å². The van der Waals surface area contributed by atoms with Crippen molar-refractivity contribution in [3.05, 3.63) is 0 Å². The highest BCUT2D eigenvalue weighted by molar-refractivity contribution is 4.86. The highest BCUT2D eigenvalue weighted by atomic mass is 16.3. The van der Waals surface area contributed by atoms with Crippen LogP contribution in [0, 0.1) is 5.92 Å². The van der Waals surface area contributed by atoms with Crippen molar-refractivity contribution < 1.29 is 5.11 Å². The van der Waals surface area contributed by atoms with Crippen LogP contribution in [-0.2, 0) is 0 Å². The summed E-state index contributed by atoms with van der Waals surface area (Å²) in [5.41, 5.74) is 5.78. The molecule has 80 valence electrons. The first-order chi connectivity index (χ1) is 5.93. The molecule has 0 aliphatic heterocycles. The second-order valence-electron chi connectivity index (χ2n) is 4.57. The number of nitrogens with two attached hydrogens (primary N) is 1. The van der Waals surface area contributed by atoms with Gasteiger partial charge in [0.1, 0.15) is 0 Å². The summed E-state index contributed by atoms with van der Waals surface area (Å²) >= 11 is 0. The SMILES string of the molecule is CCCC(O)C(CCC)C(C)(C)N. The average Bonchev–Trinajstić information content (AvgIpc) is 1.98. The Morgan fingerprint density at radius 2 is 1.62 bits per heavy atom. The highest BCUT2D eigenvalue weighted by Crippen LogP contribution is 2.25. The summed E-state index contributed by atoms with van der Waals surface area (Å²) in [5, 5.41) is 9.90. The monoisotopic (exact) mass is 187 g/mol. The summed E-state index contributed by atoms with van der Waals surface area (Å²) in [7, 11) is 0. The summed E-state index contributed by atoms with van der Waals surface area (Å²) < 4.78 is 0. The third-order valence-electron chi connectivity index (χ3n) is 2.60. The molecule has 0 amide bonds. The minimum atomic E-state index is -0.259. The summed E-state index contributed by atoms with van der Waals surface area (Å²) in [6.07, 6.45) is 3.77. The summed E-state index contributed by atoms with van der Waals surface area (Å²) in [6.45, 7) is 8.24. The smallest absolute Gasteiger partial charge is 0.0585 e. The molecule has 0 rings (SSSR count). The summed E-state index contributed by atoms with van der Waals surface area (Å²) in [4.78, 5) is 0. The van der Waals surface area contributed by atoms with Gasteiger partial charge >= 0.3 is 0 Å². The molecule has 0 heterocycles. The predicted molar refractivity (Wildman–Crippen MR) is 57.6 cm³/mol. The molecule has 0 aromatic carbocycles. The van der Waals surface area contributed by atoms with E-state index in [0.717, 1.165) is 25.7 Å². The van der Waals surface area contributed by atoms with Crippen LogP contribution in [0.3, 0.4) is 0 Å². The molecule has 0 radical (unpaired) electrons. The van der Waals surface area contributed by atoms with Crippen LogP contribution in [0.15, 0.2) is 0 Å². The van der Waals surface area contributed by atoms with E-state index < -0.39 is 0 Å². The van der Waals surface area contributed by atoms with Crippen molar-refractivity contribution in [3.8, 4) is 0 Å². The van der Waals surface area contributed by atoms with Crippen LogP contribution in [0.25, 0.3) is 0 Å². The quantitative estimate of drug-likeness (QED) is 0.670. The van der Waals surface area contributed by atoms with Gasteiger partial charge in [-0.2, -0.15) is 0 Å². The average molecular weight is 187 g/mol. The number of hydrogen-bond acceptors (Lipinski definition) is 2. The van der Waals surface area contributed by atoms with Gasteiger partial charge in [0.15, 0.2) is 0 Å². The molecular weight excluding hydrogens is 162 g/mol. The van der Waals surface area contributed by atoms with Crippen molar-refractivity contribution in [2.45, 2.75) is 65.0 Å². The highest BCUT2D eigenvalue weighted by Gasteiger charge is 2.29. The van der Waals surface area contributed by atoms with E-state index in [4.69, 9.17) is 5.73 Å². The lowest BCUT2D eigenvalue weighted by Gasteiger charge is -2.34. The predicted octanol–water partition coefficient (Wildman–Crippen LogP) is 2.30. The first kappa shape index (κ1) is 12.9. The number of aliphatic hydroxyl groups is 1. The maximum atomic E-state index is 9.90. The molecule has 0 fully saturated rings. The maximum absolute atomic E-state index is 9.90. The molecule has 2 atom stereocenters. The van der Waals surface area contributed by atoms with Crippen LogP contribution >= 0.6 is 0 Å². The van der Waals surface area contributed by atoms with E-state index in [-0.39, 0.29) is 17.6 Å². The molecule has 0 aliphatic carbocycles. The minimum absolute atomic E-state index is 0.232. The maximum Gasteiger partial charge on any atom is 0.0585 e. The van der Waals surface area contributed by atoms with Gasteiger partial charge in [-0.3, -0.25) is 0 Å². The first-order valence-corrected chi connectivity index (χ1v) is 5.40. The van der Waals surface area contributed by atoms with Crippen LogP contribution in [0.4, 0.5) is 0 Å². The molecule has 2 nitrogen and oxygen atoms in total. The van der Waals surface area contributed by atoms with E-state index in [1.54, 1.807) is 0 Å². The zero-order valence-corrected chi connectivity index (χ0v) is 9.51. The van der Waals surface area contributed by atoms with E-state index in [9.17, 15) is 5.11 Å². The molecule has 0 aromatic rings. The Kier molecular flexibility index (Phi) is 5.57. The van der Waals surface area contributed by atoms with E-state index in [1.165, 1.54) is 0 Å². The topological polar surface area (TPSA) is 46.2 Å². The zero-order chi connectivity index (χ0) is 10.5. The third kappa shape index (κ3) is 4.63. The van der Waals surface area contributed by atoms with E-state index >= 15 is 0 Å². The van der Waals surface area contributed by atoms with Crippen molar-refractivity contribution in [1.82, 2.24) is 0 Å². The van der Waals surface area contributed by atoms with Crippen molar-refractivity contribution in [1.29, 1.82) is 0 Å². The standard InChI is InChI=1S/C11H25NO/c1-5-7-9(11(3,4)12)10(13)8-6-2/h9-10,13H,5-8,12H2,1-4H3. The molecule has 2 unspecified atom stereocenters. The van der Waals surface area contributed by atoms with Gasteiger partial charge in [0, 0.05) is 11.5 Å². The Bertz CT molecular complexity index is 129. The molecule has 0 saturated carbocycles. The normalized spacial score (nSPS) is 17.1. The number of rotatable bonds is 6. The fourth-order valence-electron chi connectivity index (χ4n) is 1.87. The molecule has 2 heteroatoms. The lowest BCUT2D eigenvalue weighted by atomic mass is 9.79. The van der Waals surface area contributed by atoms with Crippen molar-refractivity contribution in [3.63, 3.8) is 0 Å². The minimum Gasteiger partial charge on any atom is -0.393 e. The van der Waals surface area contributed by atoms with E-state index in [1.807, 2.05) is 13.8 Å². The van der Waals surface area contributed by atoms with Gasteiger partial charge in [-0.1, -0.05) is 26.7 Å². The second kappa shape index (κ2) is 5.61. The van der Waals surface area contributed by atoms with Gasteiger partial charge in [-0.25, -0.2) is 0 Å². The molecule has 13 heavy (non-hydrogen) atoms. The number of aliphatic hydroxyl groups excluding tert-OH is 1. The Morgan fingerprint density at radius 3 is 1.92 bits per heavy atom. The molecule has 0 spiro atoms. The van der Waals surface area contributed by atoms with E-state index in [2.05, 4.69) is 13.8 Å². The van der Waals surface area contributed by atoms with Gasteiger partial charge in [0.2, 0.25) is 0 Å². The van der Waals surface area contributed by atoms with Gasteiger partial charge in [0.25, 0.3) is 0 Å². The van der Waals surface area contributed by atoms with Crippen LogP contribution in [0.2, 0.25) is 0 Å².